The summed E-state index contributed by atoms with van der Waals surface area (Å²) in [6, 6.07) is 13.8. The predicted octanol–water partition coefficient (Wildman–Crippen LogP) is 7.51. The van der Waals surface area contributed by atoms with Crippen molar-refractivity contribution >= 4 is 11.9 Å². The standard InChI is InChI=1S/C54H74N2O15/c1-55(22-18-35-29-40(59-3)41(60-4)33-38(35)39(55)26-34-27-42(61-5)51(66-10)43(28-34)62-6)20-14-24-70-47(57)16-17-48(58)71-25-15-21-56(2)23-19-36-30-46(65-9)53(68-12)54(69-13)49(36)50(56)37-31-44(63-7)52(67-11)45(32-37)64-8/h27-33,39,50H,14-26H2,1-13H3/q+2. The minimum atomic E-state index is -0.458. The smallest absolute Gasteiger partial charge is 0.306 e. The fourth-order valence-electron chi connectivity index (χ4n) is 10.6. The third kappa shape index (κ3) is 11.5. The van der Waals surface area contributed by atoms with Crippen molar-refractivity contribution < 1.29 is 80.1 Å². The summed E-state index contributed by atoms with van der Waals surface area (Å²) in [5.74, 6) is 5.35. The van der Waals surface area contributed by atoms with Gasteiger partial charge in [-0.3, -0.25) is 9.59 Å². The Balaban J connectivity index is 1.07. The van der Waals surface area contributed by atoms with Crippen LogP contribution >= 0.6 is 0 Å². The molecule has 4 atom stereocenters. The number of benzene rings is 4. The van der Waals surface area contributed by atoms with Gasteiger partial charge in [0.25, 0.3) is 0 Å². The average molecular weight is 991 g/mol. The maximum absolute atomic E-state index is 13.1. The molecular formula is C54H74N2O15+2. The zero-order valence-corrected chi connectivity index (χ0v) is 43.9. The molecule has 0 aliphatic carbocycles. The molecule has 0 bridgehead atoms. The van der Waals surface area contributed by atoms with E-state index in [0.717, 1.165) is 60.3 Å². The molecule has 0 saturated carbocycles. The van der Waals surface area contributed by atoms with Gasteiger partial charge in [-0.25, -0.2) is 0 Å². The quantitative estimate of drug-likeness (QED) is 0.0365. The summed E-state index contributed by atoms with van der Waals surface area (Å²) in [5.41, 5.74) is 6.32. The summed E-state index contributed by atoms with van der Waals surface area (Å²) in [7, 11) is 22.1. The second kappa shape index (κ2) is 24.1. The molecule has 0 aromatic heterocycles. The van der Waals surface area contributed by atoms with E-state index in [2.05, 4.69) is 26.2 Å². The fraction of sp³-hybridized carbons (Fsp3) is 0.519. The molecule has 0 amide bonds. The highest BCUT2D eigenvalue weighted by Gasteiger charge is 2.45. The zero-order valence-electron chi connectivity index (χ0n) is 43.9. The number of carbonyl (C=O) groups excluding carboxylic acids is 2. The summed E-state index contributed by atoms with van der Waals surface area (Å²) < 4.78 is 76.0. The van der Waals surface area contributed by atoms with Crippen LogP contribution in [0.25, 0.3) is 0 Å². The molecule has 4 unspecified atom stereocenters. The highest BCUT2D eigenvalue weighted by Crippen LogP contribution is 2.53. The largest absolute Gasteiger partial charge is 0.493 e. The van der Waals surface area contributed by atoms with Crippen molar-refractivity contribution in [3.8, 4) is 63.2 Å². The van der Waals surface area contributed by atoms with Crippen LogP contribution in [-0.2, 0) is 38.3 Å². The van der Waals surface area contributed by atoms with Crippen LogP contribution in [0.3, 0.4) is 0 Å². The van der Waals surface area contributed by atoms with Crippen LogP contribution in [0.15, 0.2) is 42.5 Å². The van der Waals surface area contributed by atoms with E-state index in [9.17, 15) is 9.59 Å². The second-order valence-electron chi connectivity index (χ2n) is 18.2. The van der Waals surface area contributed by atoms with E-state index < -0.39 is 11.9 Å². The van der Waals surface area contributed by atoms with E-state index in [1.807, 2.05) is 30.3 Å². The van der Waals surface area contributed by atoms with Crippen LogP contribution < -0.4 is 52.1 Å². The van der Waals surface area contributed by atoms with Crippen molar-refractivity contribution in [2.75, 3.05) is 132 Å². The Morgan fingerprint density at radius 3 is 1.39 bits per heavy atom. The lowest BCUT2D eigenvalue weighted by Crippen LogP contribution is -2.52. The second-order valence-corrected chi connectivity index (χ2v) is 18.2. The van der Waals surface area contributed by atoms with Crippen LogP contribution in [0.5, 0.6) is 63.2 Å². The van der Waals surface area contributed by atoms with E-state index in [4.69, 9.17) is 61.6 Å². The maximum atomic E-state index is 13.1. The van der Waals surface area contributed by atoms with Gasteiger partial charge in [-0.1, -0.05) is 0 Å². The number of hydrogen-bond acceptors (Lipinski definition) is 15. The number of hydrogen-bond donors (Lipinski definition) is 0. The number of fused-ring (bicyclic) bond motifs is 2. The van der Waals surface area contributed by atoms with Crippen molar-refractivity contribution in [1.82, 2.24) is 0 Å². The molecule has 0 fully saturated rings. The number of nitrogens with zero attached hydrogens (tertiary/aromatic N) is 2. The molecule has 6 rings (SSSR count). The molecule has 0 radical (unpaired) electrons. The van der Waals surface area contributed by atoms with Crippen LogP contribution in [-0.4, -0.2) is 153 Å². The van der Waals surface area contributed by atoms with Gasteiger partial charge in [-0.15, -0.1) is 0 Å². The summed E-state index contributed by atoms with van der Waals surface area (Å²) in [4.78, 5) is 26.1. The summed E-state index contributed by atoms with van der Waals surface area (Å²) in [5, 5.41) is 0. The fourth-order valence-corrected chi connectivity index (χ4v) is 10.6. The van der Waals surface area contributed by atoms with Crippen LogP contribution in [0.1, 0.15) is 71.1 Å². The van der Waals surface area contributed by atoms with Gasteiger partial charge in [0.15, 0.2) is 46.0 Å². The number of quaternary nitrogens is 2. The summed E-state index contributed by atoms with van der Waals surface area (Å²) >= 11 is 0. The Morgan fingerprint density at radius 2 is 0.901 bits per heavy atom. The van der Waals surface area contributed by atoms with Crippen molar-refractivity contribution in [1.29, 1.82) is 0 Å². The Hall–Kier alpha value is -6.46. The molecule has 71 heavy (non-hydrogen) atoms. The molecule has 0 N–H and O–H groups in total. The van der Waals surface area contributed by atoms with Gasteiger partial charge >= 0.3 is 11.9 Å². The molecule has 2 aliphatic rings. The molecule has 17 nitrogen and oxygen atoms in total. The number of esters is 2. The van der Waals surface area contributed by atoms with E-state index in [1.165, 1.54) is 5.56 Å². The van der Waals surface area contributed by atoms with Gasteiger partial charge < -0.3 is 70.5 Å². The Bertz CT molecular complexity index is 2450. The lowest BCUT2D eigenvalue weighted by molar-refractivity contribution is -0.941. The van der Waals surface area contributed by atoms with Crippen LogP contribution in [0.4, 0.5) is 0 Å². The molecule has 2 aliphatic heterocycles. The topological polar surface area (TPSA) is 154 Å². The number of ether oxygens (including phenoxy) is 13. The summed E-state index contributed by atoms with van der Waals surface area (Å²) in [6.45, 7) is 3.38. The van der Waals surface area contributed by atoms with Gasteiger partial charge in [0, 0.05) is 43.2 Å². The Morgan fingerprint density at radius 1 is 0.479 bits per heavy atom. The molecule has 4 aromatic carbocycles. The maximum Gasteiger partial charge on any atom is 0.306 e. The number of methoxy groups -OCH3 is 11. The van der Waals surface area contributed by atoms with Gasteiger partial charge in [-0.2, -0.15) is 0 Å². The van der Waals surface area contributed by atoms with E-state index in [1.54, 1.807) is 78.2 Å². The summed E-state index contributed by atoms with van der Waals surface area (Å²) in [6.07, 6.45) is 3.24. The normalized spacial score (nSPS) is 19.0. The highest BCUT2D eigenvalue weighted by atomic mass is 16.6. The van der Waals surface area contributed by atoms with Crippen LogP contribution in [0.2, 0.25) is 0 Å². The first-order valence-corrected chi connectivity index (χ1v) is 23.9. The molecule has 0 saturated heterocycles. The third-order valence-corrected chi connectivity index (χ3v) is 14.2. The third-order valence-electron chi connectivity index (χ3n) is 14.2. The van der Waals surface area contributed by atoms with Gasteiger partial charge in [-0.05, 0) is 59.2 Å². The van der Waals surface area contributed by atoms with Crippen molar-refractivity contribution in [3.05, 3.63) is 75.8 Å². The van der Waals surface area contributed by atoms with Gasteiger partial charge in [0.1, 0.15) is 12.1 Å². The molecule has 17 heteroatoms. The molecule has 2 heterocycles. The monoisotopic (exact) mass is 991 g/mol. The first-order chi connectivity index (χ1) is 34.2. The predicted molar refractivity (Wildman–Crippen MR) is 266 cm³/mol. The molecule has 0 spiro atoms. The van der Waals surface area contributed by atoms with Gasteiger partial charge in [0.05, 0.1) is 150 Å². The Kier molecular flexibility index (Phi) is 18.3. The minimum Gasteiger partial charge on any atom is -0.493 e. The minimum absolute atomic E-state index is 0.0120. The van der Waals surface area contributed by atoms with Crippen LogP contribution in [0, 0.1) is 0 Å². The average Bonchev–Trinajstić information content (AvgIpc) is 3.39. The zero-order chi connectivity index (χ0) is 51.5. The number of carbonyl (C=O) groups is 2. The number of rotatable bonds is 25. The lowest BCUT2D eigenvalue weighted by Gasteiger charge is -2.46. The molecule has 4 aromatic rings. The first-order valence-electron chi connectivity index (χ1n) is 23.9. The van der Waals surface area contributed by atoms with E-state index in [-0.39, 0.29) is 38.1 Å². The van der Waals surface area contributed by atoms with E-state index in [0.29, 0.717) is 98.0 Å². The van der Waals surface area contributed by atoms with E-state index >= 15 is 0 Å². The number of likely N-dealkylation sites (N-methyl/N-ethyl adjacent to an activating group) is 2. The lowest BCUT2D eigenvalue weighted by atomic mass is 9.84. The van der Waals surface area contributed by atoms with Crippen molar-refractivity contribution in [3.63, 3.8) is 0 Å². The van der Waals surface area contributed by atoms with Crippen molar-refractivity contribution in [2.45, 2.75) is 57.0 Å². The molecule has 388 valence electrons. The molecular weight excluding hydrogens is 917 g/mol. The van der Waals surface area contributed by atoms with Crippen molar-refractivity contribution in [2.24, 2.45) is 0 Å². The van der Waals surface area contributed by atoms with Gasteiger partial charge in [0.2, 0.25) is 17.2 Å². The Labute approximate surface area is 418 Å². The first kappa shape index (κ1) is 53.9. The SMILES string of the molecule is COc1cc2c(cc1OC)C(Cc1cc(OC)c(OC)c(OC)c1)[N+](C)(CCCOC(=O)CCC(=O)OCCC[N+]1(C)CCc3cc(OC)c(OC)c(OC)c3C1c1cc(OC)c(OC)c(OC)c1)CC2. The highest BCUT2D eigenvalue weighted by molar-refractivity contribution is 5.77.